The molecule has 0 bridgehead atoms. The van der Waals surface area contributed by atoms with E-state index in [1.165, 1.54) is 38.9 Å². The Morgan fingerprint density at radius 1 is 0.571 bits per heavy atom. The quantitative estimate of drug-likeness (QED) is 0.406. The van der Waals surface area contributed by atoms with Gasteiger partial charge in [0, 0.05) is 11.4 Å². The molecule has 0 aromatic heterocycles. The minimum Gasteiger partial charge on any atom is -0.399 e. The van der Waals surface area contributed by atoms with Gasteiger partial charge in [-0.2, -0.15) is 0 Å². The predicted molar refractivity (Wildman–Crippen MR) is 117 cm³/mol. The van der Waals surface area contributed by atoms with E-state index >= 15 is 0 Å². The van der Waals surface area contributed by atoms with Crippen LogP contribution in [0.3, 0.4) is 0 Å². The highest BCUT2D eigenvalue weighted by Crippen LogP contribution is 2.56. The predicted octanol–water partition coefficient (Wildman–Crippen LogP) is 5.52. The van der Waals surface area contributed by atoms with Gasteiger partial charge in [-0.25, -0.2) is 0 Å². The number of fused-ring (bicyclic) bond motifs is 3. The molecule has 4 N–H and O–H groups in total. The second-order valence-electron chi connectivity index (χ2n) is 7.59. The lowest BCUT2D eigenvalue weighted by molar-refractivity contribution is 0.768. The summed E-state index contributed by atoms with van der Waals surface area (Å²) in [5, 5.41) is 0. The van der Waals surface area contributed by atoms with Crippen LogP contribution in [0.1, 0.15) is 27.8 Å². The van der Waals surface area contributed by atoms with E-state index < -0.39 is 0 Å². The van der Waals surface area contributed by atoms with Gasteiger partial charge in [-0.3, -0.25) is 0 Å². The van der Waals surface area contributed by atoms with Crippen LogP contribution >= 0.6 is 0 Å². The van der Waals surface area contributed by atoms with Crippen LogP contribution < -0.4 is 11.5 Å². The van der Waals surface area contributed by atoms with E-state index in [-0.39, 0.29) is 5.41 Å². The lowest BCUT2D eigenvalue weighted by atomic mass is 9.67. The van der Waals surface area contributed by atoms with Crippen LogP contribution in [-0.4, -0.2) is 0 Å². The molecule has 0 spiro atoms. The fourth-order valence-corrected chi connectivity index (χ4v) is 4.65. The number of hydrogen-bond donors (Lipinski definition) is 2. The Morgan fingerprint density at radius 3 is 1.71 bits per heavy atom. The summed E-state index contributed by atoms with van der Waals surface area (Å²) in [4.78, 5) is 0. The minimum atomic E-state index is -0.388. The number of nitrogens with two attached hydrogens (primary N) is 2. The van der Waals surface area contributed by atoms with Crippen molar-refractivity contribution in [3.63, 3.8) is 0 Å². The molecular formula is C26H22N2. The number of aryl methyl sites for hydroxylation is 1. The Balaban J connectivity index is 1.95. The standard InChI is InChI=1S/C26H22N2/c1-17-6-15-25-23(16-17)22-4-2-3-5-24(22)26(25,18-7-11-20(27)12-8-18)19-9-13-21(28)14-10-19/h2-16H,27-28H2,1H3. The maximum absolute atomic E-state index is 6.02. The van der Waals surface area contributed by atoms with Gasteiger partial charge in [0.1, 0.15) is 0 Å². The average Bonchev–Trinajstić information content (AvgIpc) is 3.00. The smallest absolute Gasteiger partial charge is 0.0713 e. The Morgan fingerprint density at radius 2 is 1.11 bits per heavy atom. The first kappa shape index (κ1) is 16.6. The first-order chi connectivity index (χ1) is 13.6. The topological polar surface area (TPSA) is 52.0 Å². The Labute approximate surface area is 165 Å². The maximum atomic E-state index is 6.02. The van der Waals surface area contributed by atoms with Crippen molar-refractivity contribution in [2.75, 3.05) is 11.5 Å². The van der Waals surface area contributed by atoms with Gasteiger partial charge in [-0.05, 0) is 64.6 Å². The Bertz CT molecular complexity index is 1130. The largest absolute Gasteiger partial charge is 0.399 e. The molecule has 2 nitrogen and oxygen atoms in total. The van der Waals surface area contributed by atoms with Gasteiger partial charge < -0.3 is 11.5 Å². The Kier molecular flexibility index (Phi) is 3.56. The van der Waals surface area contributed by atoms with Crippen LogP contribution in [0.25, 0.3) is 11.1 Å². The molecule has 2 heteroatoms. The summed E-state index contributed by atoms with van der Waals surface area (Å²) < 4.78 is 0. The summed E-state index contributed by atoms with van der Waals surface area (Å²) >= 11 is 0. The lowest BCUT2D eigenvalue weighted by Crippen LogP contribution is -2.28. The monoisotopic (exact) mass is 362 g/mol. The van der Waals surface area contributed by atoms with Gasteiger partial charge in [0.15, 0.2) is 0 Å². The first-order valence-corrected chi connectivity index (χ1v) is 9.54. The fraction of sp³-hybridized carbons (Fsp3) is 0.0769. The van der Waals surface area contributed by atoms with Crippen LogP contribution in [0.2, 0.25) is 0 Å². The molecule has 0 heterocycles. The van der Waals surface area contributed by atoms with Crippen LogP contribution in [0.5, 0.6) is 0 Å². The molecule has 0 aliphatic heterocycles. The molecule has 28 heavy (non-hydrogen) atoms. The highest BCUT2D eigenvalue weighted by molar-refractivity contribution is 5.86. The third-order valence-electron chi connectivity index (χ3n) is 5.89. The van der Waals surface area contributed by atoms with Crippen molar-refractivity contribution in [1.29, 1.82) is 0 Å². The van der Waals surface area contributed by atoms with Crippen molar-refractivity contribution in [2.24, 2.45) is 0 Å². The molecule has 0 saturated carbocycles. The number of hydrogen-bond acceptors (Lipinski definition) is 2. The van der Waals surface area contributed by atoms with Crippen molar-refractivity contribution in [3.05, 3.63) is 119 Å². The molecule has 1 aliphatic rings. The van der Waals surface area contributed by atoms with Gasteiger partial charge in [0.25, 0.3) is 0 Å². The summed E-state index contributed by atoms with van der Waals surface area (Å²) in [6, 6.07) is 32.0. The molecule has 4 aromatic rings. The third-order valence-corrected chi connectivity index (χ3v) is 5.89. The molecular weight excluding hydrogens is 340 g/mol. The number of benzene rings is 4. The zero-order valence-corrected chi connectivity index (χ0v) is 15.8. The molecule has 136 valence electrons. The normalized spacial score (nSPS) is 13.8. The van der Waals surface area contributed by atoms with Crippen molar-refractivity contribution < 1.29 is 0 Å². The second-order valence-corrected chi connectivity index (χ2v) is 7.59. The van der Waals surface area contributed by atoms with Gasteiger partial charge in [-0.1, -0.05) is 72.3 Å². The van der Waals surface area contributed by atoms with Crippen LogP contribution in [0.15, 0.2) is 91.0 Å². The first-order valence-electron chi connectivity index (χ1n) is 9.54. The van der Waals surface area contributed by atoms with Crippen molar-refractivity contribution >= 4 is 11.4 Å². The number of nitrogen functional groups attached to an aromatic ring is 2. The van der Waals surface area contributed by atoms with Crippen molar-refractivity contribution in [1.82, 2.24) is 0 Å². The van der Waals surface area contributed by atoms with E-state index in [9.17, 15) is 0 Å². The molecule has 4 aromatic carbocycles. The van der Waals surface area contributed by atoms with Crippen LogP contribution in [-0.2, 0) is 5.41 Å². The zero-order valence-electron chi connectivity index (χ0n) is 15.8. The maximum Gasteiger partial charge on any atom is 0.0713 e. The highest BCUT2D eigenvalue weighted by Gasteiger charge is 2.45. The summed E-state index contributed by atoms with van der Waals surface area (Å²) in [7, 11) is 0. The fourth-order valence-electron chi connectivity index (χ4n) is 4.65. The van der Waals surface area contributed by atoms with Gasteiger partial charge >= 0.3 is 0 Å². The molecule has 0 atom stereocenters. The highest BCUT2D eigenvalue weighted by atomic mass is 14.6. The van der Waals surface area contributed by atoms with E-state index in [2.05, 4.69) is 73.7 Å². The van der Waals surface area contributed by atoms with E-state index in [0.29, 0.717) is 0 Å². The molecule has 0 unspecified atom stereocenters. The molecule has 1 aliphatic carbocycles. The third kappa shape index (κ3) is 2.21. The molecule has 5 rings (SSSR count). The van der Waals surface area contributed by atoms with E-state index in [1.807, 2.05) is 24.3 Å². The van der Waals surface area contributed by atoms with Crippen LogP contribution in [0, 0.1) is 6.92 Å². The van der Waals surface area contributed by atoms with E-state index in [0.717, 1.165) is 11.4 Å². The van der Waals surface area contributed by atoms with Crippen molar-refractivity contribution in [2.45, 2.75) is 12.3 Å². The van der Waals surface area contributed by atoms with Crippen LogP contribution in [0.4, 0.5) is 11.4 Å². The second kappa shape index (κ2) is 6.00. The van der Waals surface area contributed by atoms with Gasteiger partial charge in [0.2, 0.25) is 0 Å². The molecule has 0 saturated heterocycles. The van der Waals surface area contributed by atoms with E-state index in [1.54, 1.807) is 0 Å². The number of anilines is 2. The summed E-state index contributed by atoms with van der Waals surface area (Å²) in [5.41, 5.74) is 22.1. The Hall–Kier alpha value is -3.52. The summed E-state index contributed by atoms with van der Waals surface area (Å²) in [5.74, 6) is 0. The average molecular weight is 362 g/mol. The summed E-state index contributed by atoms with van der Waals surface area (Å²) in [6.45, 7) is 2.15. The molecule has 0 radical (unpaired) electrons. The van der Waals surface area contributed by atoms with Gasteiger partial charge in [-0.15, -0.1) is 0 Å². The summed E-state index contributed by atoms with van der Waals surface area (Å²) in [6.07, 6.45) is 0. The lowest BCUT2D eigenvalue weighted by Gasteiger charge is -2.34. The van der Waals surface area contributed by atoms with Gasteiger partial charge in [0.05, 0.1) is 5.41 Å². The minimum absolute atomic E-state index is 0.388. The molecule has 0 amide bonds. The number of rotatable bonds is 2. The molecule has 0 fully saturated rings. The zero-order chi connectivity index (χ0) is 19.3. The van der Waals surface area contributed by atoms with E-state index in [4.69, 9.17) is 11.5 Å². The SMILES string of the molecule is Cc1ccc2c(c1)-c1ccccc1C2(c1ccc(N)cc1)c1ccc(N)cc1. The van der Waals surface area contributed by atoms with Crippen molar-refractivity contribution in [3.8, 4) is 11.1 Å².